The van der Waals surface area contributed by atoms with Crippen molar-refractivity contribution >= 4 is 46.3 Å². The molecule has 0 saturated carbocycles. The molecule has 0 bridgehead atoms. The lowest BCUT2D eigenvalue weighted by atomic mass is 10.2. The van der Waals surface area contributed by atoms with Gasteiger partial charge < -0.3 is 24.4 Å². The van der Waals surface area contributed by atoms with Gasteiger partial charge in [-0.2, -0.15) is 0 Å². The van der Waals surface area contributed by atoms with Gasteiger partial charge in [0.15, 0.2) is 11.5 Å². The Morgan fingerprint density at radius 3 is 2.50 bits per heavy atom. The van der Waals surface area contributed by atoms with E-state index in [1.165, 1.54) is 7.11 Å². The minimum atomic E-state index is -0.510. The van der Waals surface area contributed by atoms with Gasteiger partial charge in [0.05, 0.1) is 31.3 Å². The summed E-state index contributed by atoms with van der Waals surface area (Å²) in [5.41, 5.74) is 2.32. The molecule has 0 aromatic heterocycles. The van der Waals surface area contributed by atoms with Gasteiger partial charge in [-0.1, -0.05) is 6.07 Å². The molecule has 0 aliphatic carbocycles. The van der Waals surface area contributed by atoms with Crippen molar-refractivity contribution in [1.82, 2.24) is 4.90 Å². The van der Waals surface area contributed by atoms with E-state index in [9.17, 15) is 14.4 Å². The van der Waals surface area contributed by atoms with Crippen molar-refractivity contribution < 1.29 is 28.6 Å². The molecule has 0 radical (unpaired) electrons. The predicted octanol–water partition coefficient (Wildman–Crippen LogP) is 3.99. The maximum atomic E-state index is 12.9. The summed E-state index contributed by atoms with van der Waals surface area (Å²) in [6, 6.07) is 12.7. The van der Waals surface area contributed by atoms with Gasteiger partial charge in [-0.3, -0.25) is 19.3 Å². The summed E-state index contributed by atoms with van der Waals surface area (Å²) in [6.45, 7) is 6.49. The second-order valence-corrected chi connectivity index (χ2v) is 9.53. The van der Waals surface area contributed by atoms with E-state index in [2.05, 4.69) is 10.2 Å². The number of rotatable bonds is 8. The molecule has 2 aliphatic rings. The number of hydrogen-bond acceptors (Lipinski definition) is 8. The Morgan fingerprint density at radius 2 is 1.83 bits per heavy atom. The molecule has 190 valence electrons. The van der Waals surface area contributed by atoms with Crippen LogP contribution in [0.3, 0.4) is 0 Å². The van der Waals surface area contributed by atoms with Gasteiger partial charge in [0.2, 0.25) is 5.91 Å². The van der Waals surface area contributed by atoms with Crippen LogP contribution in [0.1, 0.15) is 19.4 Å². The average molecular weight is 512 g/mol. The zero-order valence-corrected chi connectivity index (χ0v) is 21.3. The van der Waals surface area contributed by atoms with Gasteiger partial charge in [0.25, 0.3) is 11.1 Å². The molecule has 1 N–H and O–H groups in total. The number of amides is 3. The van der Waals surface area contributed by atoms with Gasteiger partial charge in [0.1, 0.15) is 6.54 Å². The lowest BCUT2D eigenvalue weighted by Crippen LogP contribution is -2.36. The number of benzene rings is 2. The van der Waals surface area contributed by atoms with Crippen molar-refractivity contribution in [2.45, 2.75) is 20.0 Å². The Hall–Kier alpha value is -3.50. The maximum absolute atomic E-state index is 12.9. The summed E-state index contributed by atoms with van der Waals surface area (Å²) in [5, 5.41) is 2.26. The highest BCUT2D eigenvalue weighted by Gasteiger charge is 2.36. The van der Waals surface area contributed by atoms with Crippen molar-refractivity contribution in [3.8, 4) is 11.5 Å². The Balaban J connectivity index is 1.38. The van der Waals surface area contributed by atoms with Crippen molar-refractivity contribution in [1.29, 1.82) is 0 Å². The van der Waals surface area contributed by atoms with Gasteiger partial charge in [-0.05, 0) is 73.6 Å². The van der Waals surface area contributed by atoms with E-state index in [0.29, 0.717) is 36.0 Å². The minimum Gasteiger partial charge on any atom is -0.493 e. The number of hydrogen-bond donors (Lipinski definition) is 1. The van der Waals surface area contributed by atoms with Crippen LogP contribution >= 0.6 is 11.8 Å². The van der Waals surface area contributed by atoms with Crippen LogP contribution in [-0.4, -0.2) is 68.0 Å². The van der Waals surface area contributed by atoms with E-state index in [0.717, 1.165) is 35.4 Å². The molecule has 3 amide bonds. The molecule has 10 heteroatoms. The first kappa shape index (κ1) is 25.6. The maximum Gasteiger partial charge on any atom is 0.294 e. The van der Waals surface area contributed by atoms with Gasteiger partial charge >= 0.3 is 0 Å². The molecule has 36 heavy (non-hydrogen) atoms. The summed E-state index contributed by atoms with van der Waals surface area (Å²) >= 11 is 0.802. The molecular formula is C26H29N3O6S. The number of ether oxygens (including phenoxy) is 3. The molecule has 2 aliphatic heterocycles. The number of carbonyl (C=O) groups excluding carboxylic acids is 3. The molecule has 9 nitrogen and oxygen atoms in total. The third-order valence-electron chi connectivity index (χ3n) is 5.55. The number of nitrogens with zero attached hydrogens (tertiary/aromatic N) is 2. The Bertz CT molecular complexity index is 1160. The fourth-order valence-electron chi connectivity index (χ4n) is 3.83. The molecule has 2 aromatic carbocycles. The molecule has 4 rings (SSSR count). The number of methoxy groups -OCH3 is 1. The van der Waals surface area contributed by atoms with E-state index >= 15 is 0 Å². The van der Waals surface area contributed by atoms with Crippen LogP contribution in [0.25, 0.3) is 6.08 Å². The molecule has 2 fully saturated rings. The first-order valence-electron chi connectivity index (χ1n) is 11.7. The third-order valence-corrected chi connectivity index (χ3v) is 6.46. The zero-order valence-electron chi connectivity index (χ0n) is 20.5. The van der Waals surface area contributed by atoms with Crippen molar-refractivity contribution in [3.63, 3.8) is 0 Å². The van der Waals surface area contributed by atoms with Crippen LogP contribution in [0.4, 0.5) is 16.2 Å². The number of morpholine rings is 1. The molecule has 0 atom stereocenters. The number of nitrogens with one attached hydrogen (secondary N) is 1. The summed E-state index contributed by atoms with van der Waals surface area (Å²) in [4.78, 5) is 41.3. The molecule has 2 saturated heterocycles. The highest BCUT2D eigenvalue weighted by atomic mass is 32.2. The number of imide groups is 1. The van der Waals surface area contributed by atoms with E-state index in [4.69, 9.17) is 14.2 Å². The summed E-state index contributed by atoms with van der Waals surface area (Å²) < 4.78 is 16.5. The van der Waals surface area contributed by atoms with Crippen molar-refractivity contribution in [3.05, 3.63) is 52.9 Å². The average Bonchev–Trinajstić information content (AvgIpc) is 3.12. The van der Waals surface area contributed by atoms with E-state index < -0.39 is 17.1 Å². The first-order chi connectivity index (χ1) is 17.3. The van der Waals surface area contributed by atoms with Crippen LogP contribution in [0, 0.1) is 0 Å². The van der Waals surface area contributed by atoms with E-state index in [1.54, 1.807) is 36.4 Å². The molecule has 2 heterocycles. The normalized spacial score (nSPS) is 17.2. The topological polar surface area (TPSA) is 97.4 Å². The SMILES string of the molecule is COc1cc(/C=C2\SC(=O)N(CC(=O)Nc3ccc(N4CCOCC4)cc3)C2=O)ccc1OC(C)C. The van der Waals surface area contributed by atoms with Gasteiger partial charge in [-0.25, -0.2) is 0 Å². The van der Waals surface area contributed by atoms with Crippen LogP contribution in [0.15, 0.2) is 47.4 Å². The molecule has 0 unspecified atom stereocenters. The van der Waals surface area contributed by atoms with E-state index in [1.807, 2.05) is 26.0 Å². The second-order valence-electron chi connectivity index (χ2n) is 8.54. The fraction of sp³-hybridized carbons (Fsp3) is 0.346. The monoisotopic (exact) mass is 511 g/mol. The summed E-state index contributed by atoms with van der Waals surface area (Å²) in [7, 11) is 1.54. The first-order valence-corrected chi connectivity index (χ1v) is 12.5. The molecular weight excluding hydrogens is 482 g/mol. The molecule has 2 aromatic rings. The number of carbonyl (C=O) groups is 3. The van der Waals surface area contributed by atoms with Crippen LogP contribution in [-0.2, 0) is 14.3 Å². The highest BCUT2D eigenvalue weighted by molar-refractivity contribution is 8.18. The van der Waals surface area contributed by atoms with Gasteiger partial charge in [-0.15, -0.1) is 0 Å². The lowest BCUT2D eigenvalue weighted by molar-refractivity contribution is -0.127. The second kappa shape index (κ2) is 11.5. The van der Waals surface area contributed by atoms with E-state index in [-0.39, 0.29) is 17.6 Å². The Morgan fingerprint density at radius 1 is 1.11 bits per heavy atom. The minimum absolute atomic E-state index is 0.0184. The predicted molar refractivity (Wildman–Crippen MR) is 140 cm³/mol. The van der Waals surface area contributed by atoms with Crippen LogP contribution < -0.4 is 19.7 Å². The smallest absolute Gasteiger partial charge is 0.294 e. The summed E-state index contributed by atoms with van der Waals surface area (Å²) in [5.74, 6) is 0.155. The van der Waals surface area contributed by atoms with Gasteiger partial charge in [0, 0.05) is 24.5 Å². The largest absolute Gasteiger partial charge is 0.493 e. The zero-order chi connectivity index (χ0) is 25.7. The fourth-order valence-corrected chi connectivity index (χ4v) is 4.67. The Kier molecular flexibility index (Phi) is 8.17. The highest BCUT2D eigenvalue weighted by Crippen LogP contribution is 2.34. The Labute approximate surface area is 214 Å². The van der Waals surface area contributed by atoms with Crippen molar-refractivity contribution in [2.75, 3.05) is 50.2 Å². The van der Waals surface area contributed by atoms with Crippen molar-refractivity contribution in [2.24, 2.45) is 0 Å². The quantitative estimate of drug-likeness (QED) is 0.532. The third kappa shape index (κ3) is 6.19. The number of anilines is 2. The van der Waals surface area contributed by atoms with Crippen LogP contribution in [0.2, 0.25) is 0 Å². The molecule has 0 spiro atoms. The standard InChI is InChI=1S/C26H29N3O6S/c1-17(2)35-21-9-4-18(14-22(21)33-3)15-23-25(31)29(26(32)36-23)16-24(30)27-19-5-7-20(8-6-19)28-10-12-34-13-11-28/h4-9,14-15,17H,10-13,16H2,1-3H3,(H,27,30)/b23-15-. The lowest BCUT2D eigenvalue weighted by Gasteiger charge is -2.28. The van der Waals surface area contributed by atoms with Crippen LogP contribution in [0.5, 0.6) is 11.5 Å². The summed E-state index contributed by atoms with van der Waals surface area (Å²) in [6.07, 6.45) is 1.59. The number of thioether (sulfide) groups is 1.